The number of carbonyl (C=O) groups excluding carboxylic acids is 3. The molecule has 0 radical (unpaired) electrons. The fraction of sp³-hybridized carbons (Fsp3) is 0.227. The van der Waals surface area contributed by atoms with Crippen molar-refractivity contribution in [3.63, 3.8) is 0 Å². The second-order valence-corrected chi connectivity index (χ2v) is 7.08. The Morgan fingerprint density at radius 1 is 0.966 bits per heavy atom. The maximum absolute atomic E-state index is 12.8. The van der Waals surface area contributed by atoms with Crippen LogP contribution in [0.5, 0.6) is 0 Å². The van der Waals surface area contributed by atoms with Gasteiger partial charge in [0.1, 0.15) is 0 Å². The van der Waals surface area contributed by atoms with E-state index in [1.54, 1.807) is 44.2 Å². The summed E-state index contributed by atoms with van der Waals surface area (Å²) in [7, 11) is 0. The van der Waals surface area contributed by atoms with E-state index < -0.39 is 24.0 Å². The molecule has 2 aromatic rings. The highest BCUT2D eigenvalue weighted by Gasteiger charge is 2.23. The van der Waals surface area contributed by atoms with E-state index in [0.717, 1.165) is 5.56 Å². The molecular weight excluding hydrogens is 392 g/mol. The van der Waals surface area contributed by atoms with Crippen LogP contribution in [0.2, 0.25) is 5.02 Å². The summed E-state index contributed by atoms with van der Waals surface area (Å²) in [5, 5.41) is 5.21. The quantitative estimate of drug-likeness (QED) is 0.424. The SMILES string of the molecule is CC(C)NC(=O)NC(=O)[C@@H](C)OC(=O)/C(=C/c1ccccc1)c1ccc(Cl)cc1. The Hall–Kier alpha value is -3.12. The van der Waals surface area contributed by atoms with Gasteiger partial charge in [-0.1, -0.05) is 54.1 Å². The number of carbonyl (C=O) groups is 3. The fourth-order valence-electron chi connectivity index (χ4n) is 2.39. The molecule has 2 rings (SSSR count). The molecule has 0 aliphatic heterocycles. The number of esters is 1. The number of hydrogen-bond donors (Lipinski definition) is 2. The van der Waals surface area contributed by atoms with Crippen LogP contribution in [0.25, 0.3) is 11.6 Å². The molecule has 0 fully saturated rings. The van der Waals surface area contributed by atoms with Crippen LogP contribution in [0.4, 0.5) is 4.79 Å². The van der Waals surface area contributed by atoms with Crippen molar-refractivity contribution in [1.29, 1.82) is 0 Å². The number of hydrogen-bond acceptors (Lipinski definition) is 4. The van der Waals surface area contributed by atoms with Gasteiger partial charge in [-0.25, -0.2) is 9.59 Å². The number of urea groups is 1. The molecule has 0 aliphatic rings. The molecule has 0 saturated heterocycles. The van der Waals surface area contributed by atoms with Gasteiger partial charge in [-0.2, -0.15) is 0 Å². The predicted molar refractivity (Wildman–Crippen MR) is 113 cm³/mol. The first-order chi connectivity index (χ1) is 13.8. The minimum atomic E-state index is -1.16. The first kappa shape index (κ1) is 22.2. The van der Waals surface area contributed by atoms with Gasteiger partial charge in [0.2, 0.25) is 0 Å². The van der Waals surface area contributed by atoms with Crippen molar-refractivity contribution in [3.8, 4) is 0 Å². The second-order valence-electron chi connectivity index (χ2n) is 6.64. The lowest BCUT2D eigenvalue weighted by Crippen LogP contribution is -2.46. The summed E-state index contributed by atoms with van der Waals surface area (Å²) in [6, 6.07) is 15.2. The van der Waals surface area contributed by atoms with Gasteiger partial charge in [0.25, 0.3) is 5.91 Å². The van der Waals surface area contributed by atoms with E-state index in [1.807, 2.05) is 30.3 Å². The Balaban J connectivity index is 2.19. The summed E-state index contributed by atoms with van der Waals surface area (Å²) >= 11 is 5.94. The standard InChI is InChI=1S/C22H23ClN2O4/c1-14(2)24-22(28)25-20(26)15(3)29-21(27)19(13-16-7-5-4-6-8-16)17-9-11-18(23)12-10-17/h4-15H,1-3H3,(H2,24,25,26,28)/b19-13+/t15-/m1/s1. The van der Waals surface area contributed by atoms with Gasteiger partial charge >= 0.3 is 12.0 Å². The molecule has 6 nitrogen and oxygen atoms in total. The summed E-state index contributed by atoms with van der Waals surface area (Å²) < 4.78 is 5.30. The zero-order valence-electron chi connectivity index (χ0n) is 16.4. The molecule has 0 aliphatic carbocycles. The molecule has 0 bridgehead atoms. The number of ether oxygens (including phenoxy) is 1. The maximum atomic E-state index is 12.8. The third-order valence-electron chi connectivity index (χ3n) is 3.80. The van der Waals surface area contributed by atoms with Gasteiger partial charge in [-0.05, 0) is 50.1 Å². The summed E-state index contributed by atoms with van der Waals surface area (Å²) in [6.07, 6.45) is 0.508. The molecule has 1 atom stereocenters. The van der Waals surface area contributed by atoms with E-state index in [-0.39, 0.29) is 11.6 Å². The molecule has 0 heterocycles. The van der Waals surface area contributed by atoms with Crippen LogP contribution < -0.4 is 10.6 Å². The average Bonchev–Trinajstić information content (AvgIpc) is 2.67. The molecule has 2 aromatic carbocycles. The third kappa shape index (κ3) is 7.08. The van der Waals surface area contributed by atoms with Crippen molar-refractivity contribution in [2.24, 2.45) is 0 Å². The van der Waals surface area contributed by atoms with E-state index in [0.29, 0.717) is 10.6 Å². The van der Waals surface area contributed by atoms with Gasteiger partial charge in [-0.3, -0.25) is 10.1 Å². The first-order valence-electron chi connectivity index (χ1n) is 9.11. The molecule has 0 saturated carbocycles. The lowest BCUT2D eigenvalue weighted by molar-refractivity contribution is -0.148. The Labute approximate surface area is 174 Å². The van der Waals surface area contributed by atoms with E-state index in [1.165, 1.54) is 6.92 Å². The Morgan fingerprint density at radius 3 is 2.17 bits per heavy atom. The summed E-state index contributed by atoms with van der Waals surface area (Å²) in [4.78, 5) is 36.6. The zero-order valence-corrected chi connectivity index (χ0v) is 17.2. The Morgan fingerprint density at radius 2 is 1.59 bits per heavy atom. The van der Waals surface area contributed by atoms with Crippen molar-refractivity contribution in [2.75, 3.05) is 0 Å². The highest BCUT2D eigenvalue weighted by molar-refractivity contribution is 6.30. The summed E-state index contributed by atoms with van der Waals surface area (Å²) in [5.74, 6) is -1.41. The fourth-order valence-corrected chi connectivity index (χ4v) is 2.52. The van der Waals surface area contributed by atoms with Crippen molar-refractivity contribution < 1.29 is 19.1 Å². The van der Waals surface area contributed by atoms with E-state index in [9.17, 15) is 14.4 Å². The van der Waals surface area contributed by atoms with E-state index in [2.05, 4.69) is 10.6 Å². The lowest BCUT2D eigenvalue weighted by atomic mass is 10.0. The summed E-state index contributed by atoms with van der Waals surface area (Å²) in [6.45, 7) is 4.93. The Kier molecular flexibility index (Phi) is 7.98. The topological polar surface area (TPSA) is 84.5 Å². The van der Waals surface area contributed by atoms with Gasteiger partial charge < -0.3 is 10.1 Å². The number of imide groups is 1. The van der Waals surface area contributed by atoms with Crippen LogP contribution in [0.3, 0.4) is 0 Å². The zero-order chi connectivity index (χ0) is 21.4. The average molecular weight is 415 g/mol. The molecule has 7 heteroatoms. The van der Waals surface area contributed by atoms with Crippen molar-refractivity contribution in [1.82, 2.24) is 10.6 Å². The minimum absolute atomic E-state index is 0.133. The van der Waals surface area contributed by atoms with Gasteiger partial charge in [0.15, 0.2) is 6.10 Å². The normalized spacial score (nSPS) is 12.2. The number of amides is 3. The smallest absolute Gasteiger partial charge is 0.339 e. The van der Waals surface area contributed by atoms with Crippen LogP contribution in [-0.4, -0.2) is 30.1 Å². The van der Waals surface area contributed by atoms with Crippen molar-refractivity contribution >= 4 is 41.2 Å². The number of nitrogens with one attached hydrogen (secondary N) is 2. The molecule has 3 amide bonds. The van der Waals surface area contributed by atoms with Crippen LogP contribution in [0, 0.1) is 0 Å². The predicted octanol–water partition coefficient (Wildman–Crippen LogP) is 4.05. The molecule has 0 unspecified atom stereocenters. The number of halogens is 1. The first-order valence-corrected chi connectivity index (χ1v) is 9.49. The highest BCUT2D eigenvalue weighted by Crippen LogP contribution is 2.22. The van der Waals surface area contributed by atoms with Crippen LogP contribution in [0.15, 0.2) is 54.6 Å². The summed E-state index contributed by atoms with van der Waals surface area (Å²) in [5.41, 5.74) is 1.65. The van der Waals surface area contributed by atoms with Crippen LogP contribution in [-0.2, 0) is 14.3 Å². The third-order valence-corrected chi connectivity index (χ3v) is 4.05. The molecule has 0 spiro atoms. The molecule has 0 aromatic heterocycles. The maximum Gasteiger partial charge on any atom is 0.339 e. The lowest BCUT2D eigenvalue weighted by Gasteiger charge is -2.16. The largest absolute Gasteiger partial charge is 0.449 e. The number of rotatable bonds is 6. The Bertz CT molecular complexity index is 893. The van der Waals surface area contributed by atoms with E-state index in [4.69, 9.17) is 16.3 Å². The molecular formula is C22H23ClN2O4. The minimum Gasteiger partial charge on any atom is -0.449 e. The number of benzene rings is 2. The van der Waals surface area contributed by atoms with Crippen molar-refractivity contribution in [3.05, 3.63) is 70.7 Å². The van der Waals surface area contributed by atoms with Gasteiger partial charge in [0, 0.05) is 11.1 Å². The monoisotopic (exact) mass is 414 g/mol. The van der Waals surface area contributed by atoms with Gasteiger partial charge in [-0.15, -0.1) is 0 Å². The van der Waals surface area contributed by atoms with Crippen LogP contribution >= 0.6 is 11.6 Å². The molecule has 2 N–H and O–H groups in total. The van der Waals surface area contributed by atoms with E-state index >= 15 is 0 Å². The van der Waals surface area contributed by atoms with Crippen molar-refractivity contribution in [2.45, 2.75) is 32.9 Å². The molecule has 29 heavy (non-hydrogen) atoms. The second kappa shape index (κ2) is 10.4. The van der Waals surface area contributed by atoms with Crippen LogP contribution in [0.1, 0.15) is 31.9 Å². The highest BCUT2D eigenvalue weighted by atomic mass is 35.5. The van der Waals surface area contributed by atoms with Gasteiger partial charge in [0.05, 0.1) is 5.57 Å². The molecule has 152 valence electrons.